The highest BCUT2D eigenvalue weighted by molar-refractivity contribution is 5.84. The minimum atomic E-state index is -0.764. The van der Waals surface area contributed by atoms with E-state index in [1.165, 1.54) is 18.3 Å². The summed E-state index contributed by atoms with van der Waals surface area (Å²) in [6, 6.07) is 23.4. The van der Waals surface area contributed by atoms with Crippen molar-refractivity contribution >= 4 is 17.8 Å². The number of nitro benzene ring substituents is 1. The Morgan fingerprint density at radius 1 is 1.03 bits per heavy atom. The summed E-state index contributed by atoms with van der Waals surface area (Å²) < 4.78 is 5.65. The number of carbonyl (C=O) groups is 1. The van der Waals surface area contributed by atoms with Crippen LogP contribution < -0.4 is 10.2 Å². The first-order valence-corrected chi connectivity index (χ1v) is 8.92. The molecule has 1 unspecified atom stereocenters. The number of nitrogens with zero attached hydrogens (tertiary/aromatic N) is 2. The summed E-state index contributed by atoms with van der Waals surface area (Å²) in [4.78, 5) is 22.4. The summed E-state index contributed by atoms with van der Waals surface area (Å²) in [6.07, 6.45) is 0.576. The van der Waals surface area contributed by atoms with Crippen molar-refractivity contribution in [2.45, 2.75) is 13.0 Å². The van der Waals surface area contributed by atoms with Gasteiger partial charge < -0.3 is 4.74 Å². The summed E-state index contributed by atoms with van der Waals surface area (Å²) in [6.45, 7) is 1.61. The van der Waals surface area contributed by atoms with Crippen molar-refractivity contribution in [1.29, 1.82) is 0 Å². The molecule has 29 heavy (non-hydrogen) atoms. The van der Waals surface area contributed by atoms with Crippen molar-refractivity contribution in [2.24, 2.45) is 5.10 Å². The summed E-state index contributed by atoms with van der Waals surface area (Å²) in [7, 11) is 0. The van der Waals surface area contributed by atoms with Gasteiger partial charge in [-0.3, -0.25) is 14.9 Å². The van der Waals surface area contributed by atoms with Gasteiger partial charge >= 0.3 is 0 Å². The van der Waals surface area contributed by atoms with E-state index in [9.17, 15) is 14.9 Å². The van der Waals surface area contributed by atoms with Crippen LogP contribution in [-0.4, -0.2) is 23.1 Å². The number of hydrazone groups is 1. The van der Waals surface area contributed by atoms with E-state index >= 15 is 0 Å². The summed E-state index contributed by atoms with van der Waals surface area (Å²) in [5, 5.41) is 14.6. The van der Waals surface area contributed by atoms with Gasteiger partial charge in [0.05, 0.1) is 11.1 Å². The van der Waals surface area contributed by atoms with Crippen LogP contribution in [0.2, 0.25) is 0 Å². The molecule has 0 spiro atoms. The average Bonchev–Trinajstić information content (AvgIpc) is 2.75. The molecule has 0 fully saturated rings. The zero-order chi connectivity index (χ0) is 20.6. The van der Waals surface area contributed by atoms with Gasteiger partial charge in [0.15, 0.2) is 6.10 Å². The van der Waals surface area contributed by atoms with E-state index in [0.29, 0.717) is 11.3 Å². The van der Waals surface area contributed by atoms with Crippen molar-refractivity contribution in [3.05, 3.63) is 94.5 Å². The molecular weight excluding hydrogens is 370 g/mol. The molecule has 0 radical (unpaired) electrons. The first kappa shape index (κ1) is 19.8. The first-order valence-electron chi connectivity index (χ1n) is 8.92. The molecule has 1 N–H and O–H groups in total. The number of nitrogens with one attached hydrogen (secondary N) is 1. The van der Waals surface area contributed by atoms with Crippen LogP contribution >= 0.6 is 0 Å². The molecule has 146 valence electrons. The lowest BCUT2D eigenvalue weighted by Gasteiger charge is -2.13. The van der Waals surface area contributed by atoms with Crippen LogP contribution in [0.1, 0.15) is 12.5 Å². The molecule has 7 nitrogen and oxygen atoms in total. The van der Waals surface area contributed by atoms with E-state index in [0.717, 1.165) is 11.1 Å². The molecule has 0 aliphatic carbocycles. The van der Waals surface area contributed by atoms with Crippen LogP contribution in [0.5, 0.6) is 5.75 Å². The third-order valence-electron chi connectivity index (χ3n) is 4.11. The van der Waals surface area contributed by atoms with Crippen molar-refractivity contribution < 1.29 is 14.5 Å². The van der Waals surface area contributed by atoms with Gasteiger partial charge in [0.2, 0.25) is 0 Å². The van der Waals surface area contributed by atoms with E-state index in [-0.39, 0.29) is 5.69 Å². The first-order chi connectivity index (χ1) is 14.0. The number of hydrogen-bond acceptors (Lipinski definition) is 5. The standard InChI is InChI=1S/C22H19N3O4/c1-16(22(26)24-23-15-17-6-5-9-20(14-17)25(27)28)29-21-12-10-19(11-13-21)18-7-3-2-4-8-18/h2-16H,1H3,(H,24,26). The lowest BCUT2D eigenvalue weighted by molar-refractivity contribution is -0.384. The molecule has 0 aliphatic heterocycles. The Hall–Kier alpha value is -4.00. The van der Waals surface area contributed by atoms with E-state index < -0.39 is 16.9 Å². The molecule has 0 aromatic heterocycles. The van der Waals surface area contributed by atoms with Gasteiger partial charge in [-0.2, -0.15) is 5.10 Å². The number of nitro groups is 1. The van der Waals surface area contributed by atoms with Gasteiger partial charge in [0.25, 0.3) is 11.6 Å². The van der Waals surface area contributed by atoms with E-state index in [1.54, 1.807) is 31.2 Å². The zero-order valence-corrected chi connectivity index (χ0v) is 15.7. The van der Waals surface area contributed by atoms with Gasteiger partial charge in [0, 0.05) is 17.7 Å². The number of amides is 1. The van der Waals surface area contributed by atoms with Crippen molar-refractivity contribution in [3.63, 3.8) is 0 Å². The minimum absolute atomic E-state index is 0.0454. The summed E-state index contributed by atoms with van der Waals surface area (Å²) >= 11 is 0. The van der Waals surface area contributed by atoms with E-state index in [1.807, 2.05) is 42.5 Å². The highest BCUT2D eigenvalue weighted by Gasteiger charge is 2.14. The Kier molecular flexibility index (Phi) is 6.32. The maximum atomic E-state index is 12.1. The number of non-ortho nitro benzene ring substituents is 1. The molecule has 0 saturated heterocycles. The van der Waals surface area contributed by atoms with Gasteiger partial charge in [0.1, 0.15) is 5.75 Å². The van der Waals surface area contributed by atoms with Gasteiger partial charge in [-0.15, -0.1) is 0 Å². The molecule has 3 rings (SSSR count). The maximum absolute atomic E-state index is 12.1. The lowest BCUT2D eigenvalue weighted by Crippen LogP contribution is -2.33. The zero-order valence-electron chi connectivity index (χ0n) is 15.7. The molecule has 3 aromatic carbocycles. The van der Waals surface area contributed by atoms with Crippen LogP contribution in [0.25, 0.3) is 11.1 Å². The Morgan fingerprint density at radius 3 is 2.41 bits per heavy atom. The SMILES string of the molecule is CC(Oc1ccc(-c2ccccc2)cc1)C(=O)NN=Cc1cccc([N+](=O)[O-])c1. The molecular formula is C22H19N3O4. The second-order valence-electron chi connectivity index (χ2n) is 6.24. The van der Waals surface area contributed by atoms with Crippen LogP contribution in [-0.2, 0) is 4.79 Å². The van der Waals surface area contributed by atoms with Crippen molar-refractivity contribution in [3.8, 4) is 16.9 Å². The molecule has 0 aliphatic rings. The van der Waals surface area contributed by atoms with Crippen LogP contribution in [0.3, 0.4) is 0 Å². The van der Waals surface area contributed by atoms with Gasteiger partial charge in [-0.25, -0.2) is 5.43 Å². The van der Waals surface area contributed by atoms with Gasteiger partial charge in [-0.1, -0.05) is 54.6 Å². The summed E-state index contributed by atoms with van der Waals surface area (Å²) in [5.41, 5.74) is 4.98. The maximum Gasteiger partial charge on any atom is 0.280 e. The quantitative estimate of drug-likeness (QED) is 0.373. The van der Waals surface area contributed by atoms with E-state index in [4.69, 9.17) is 4.74 Å². The Morgan fingerprint density at radius 2 is 1.72 bits per heavy atom. The molecule has 1 amide bonds. The van der Waals surface area contributed by atoms with Crippen molar-refractivity contribution in [2.75, 3.05) is 0 Å². The summed E-state index contributed by atoms with van der Waals surface area (Å²) in [5.74, 6) is 0.133. The lowest BCUT2D eigenvalue weighted by atomic mass is 10.1. The second-order valence-corrected chi connectivity index (χ2v) is 6.24. The molecule has 3 aromatic rings. The fourth-order valence-corrected chi connectivity index (χ4v) is 2.59. The Balaban J connectivity index is 1.55. The van der Waals surface area contributed by atoms with Crippen LogP contribution in [0.4, 0.5) is 5.69 Å². The second kappa shape index (κ2) is 9.27. The largest absolute Gasteiger partial charge is 0.481 e. The highest BCUT2D eigenvalue weighted by atomic mass is 16.6. The molecule has 1 atom stereocenters. The third-order valence-corrected chi connectivity index (χ3v) is 4.11. The Labute approximate surface area is 167 Å². The number of ether oxygens (including phenoxy) is 1. The van der Waals surface area contributed by atoms with E-state index in [2.05, 4.69) is 10.5 Å². The fraction of sp³-hybridized carbons (Fsp3) is 0.0909. The topological polar surface area (TPSA) is 93.8 Å². The number of benzene rings is 3. The average molecular weight is 389 g/mol. The van der Waals surface area contributed by atoms with Gasteiger partial charge in [-0.05, 0) is 30.2 Å². The monoisotopic (exact) mass is 389 g/mol. The molecule has 0 saturated carbocycles. The molecule has 0 heterocycles. The predicted molar refractivity (Wildman–Crippen MR) is 111 cm³/mol. The van der Waals surface area contributed by atoms with Crippen LogP contribution in [0, 0.1) is 10.1 Å². The number of carbonyl (C=O) groups excluding carboxylic acids is 1. The third kappa shape index (κ3) is 5.49. The number of rotatable bonds is 7. The Bertz CT molecular complexity index is 1020. The fourth-order valence-electron chi connectivity index (χ4n) is 2.59. The molecule has 7 heteroatoms. The highest BCUT2D eigenvalue weighted by Crippen LogP contribution is 2.22. The minimum Gasteiger partial charge on any atom is -0.481 e. The van der Waals surface area contributed by atoms with Crippen molar-refractivity contribution in [1.82, 2.24) is 5.43 Å². The normalized spacial score (nSPS) is 11.8. The number of hydrogen-bond donors (Lipinski definition) is 1. The predicted octanol–water partition coefficient (Wildman–Crippen LogP) is 4.18. The smallest absolute Gasteiger partial charge is 0.280 e. The molecule has 0 bridgehead atoms. The van der Waals surface area contributed by atoms with Crippen LogP contribution in [0.15, 0.2) is 84.0 Å².